The van der Waals surface area contributed by atoms with Crippen LogP contribution in [0.4, 0.5) is 5.82 Å². The van der Waals surface area contributed by atoms with Gasteiger partial charge in [-0.2, -0.15) is 5.26 Å². The average Bonchev–Trinajstić information content (AvgIpc) is 2.84. The number of likely N-dealkylation sites (tertiary alicyclic amines) is 1. The van der Waals surface area contributed by atoms with Crippen molar-refractivity contribution in [2.24, 2.45) is 11.8 Å². The number of methoxy groups -OCH3 is 1. The largest absolute Gasteiger partial charge is 0.507 e. The van der Waals surface area contributed by atoms with Crippen LogP contribution < -0.4 is 10.1 Å². The molecule has 2 aromatic rings. The molecular formula is C26H35N5O4. The second kappa shape index (κ2) is 11.8. The first-order valence-corrected chi connectivity index (χ1v) is 12.1. The normalized spacial score (nSPS) is 19.0. The summed E-state index contributed by atoms with van der Waals surface area (Å²) >= 11 is 0. The van der Waals surface area contributed by atoms with Crippen molar-refractivity contribution in [3.63, 3.8) is 0 Å². The first-order valence-electron chi connectivity index (χ1n) is 12.1. The van der Waals surface area contributed by atoms with Crippen molar-refractivity contribution >= 4 is 11.8 Å². The van der Waals surface area contributed by atoms with E-state index in [0.717, 1.165) is 25.9 Å². The van der Waals surface area contributed by atoms with Crippen molar-refractivity contribution in [1.82, 2.24) is 15.1 Å². The molecule has 1 aromatic heterocycles. The van der Waals surface area contributed by atoms with Crippen LogP contribution >= 0.6 is 0 Å². The highest BCUT2D eigenvalue weighted by Gasteiger charge is 2.30. The van der Waals surface area contributed by atoms with E-state index in [4.69, 9.17) is 9.47 Å². The van der Waals surface area contributed by atoms with Crippen LogP contribution in [0.5, 0.6) is 11.5 Å². The van der Waals surface area contributed by atoms with Crippen LogP contribution in [0.1, 0.15) is 44.7 Å². The summed E-state index contributed by atoms with van der Waals surface area (Å²) in [4.78, 5) is 14.4. The SMILES string of the molecule is CCOC(=O)C(C)CN1CC(CC)C[C@@H](Nc2nnc(-c3ccc(OC)cc3O)c(C)c2C#N)C1. The molecular weight excluding hydrogens is 446 g/mol. The summed E-state index contributed by atoms with van der Waals surface area (Å²) in [6, 6.07) is 7.26. The average molecular weight is 482 g/mol. The molecule has 0 aliphatic carbocycles. The molecule has 1 aromatic carbocycles. The summed E-state index contributed by atoms with van der Waals surface area (Å²) in [6.07, 6.45) is 1.96. The molecule has 1 aliphatic heterocycles. The van der Waals surface area contributed by atoms with Crippen LogP contribution in [0.3, 0.4) is 0 Å². The number of phenolic OH excluding ortho intramolecular Hbond substituents is 1. The molecule has 9 heteroatoms. The molecule has 0 radical (unpaired) electrons. The number of aromatic nitrogens is 2. The predicted molar refractivity (Wildman–Crippen MR) is 133 cm³/mol. The maximum Gasteiger partial charge on any atom is 0.309 e. The number of rotatable bonds is 9. The lowest BCUT2D eigenvalue weighted by atomic mass is 9.91. The number of nitrogens with one attached hydrogen (secondary N) is 1. The van der Waals surface area contributed by atoms with Crippen LogP contribution in [-0.4, -0.2) is 65.6 Å². The zero-order valence-corrected chi connectivity index (χ0v) is 21.2. The molecule has 0 spiro atoms. The Morgan fingerprint density at radius 1 is 1.34 bits per heavy atom. The molecule has 1 saturated heterocycles. The van der Waals surface area contributed by atoms with Crippen LogP contribution in [0.25, 0.3) is 11.3 Å². The molecule has 3 atom stereocenters. The monoisotopic (exact) mass is 481 g/mol. The Balaban J connectivity index is 1.81. The quantitative estimate of drug-likeness (QED) is 0.516. The molecule has 2 unspecified atom stereocenters. The lowest BCUT2D eigenvalue weighted by molar-refractivity contribution is -0.148. The van der Waals surface area contributed by atoms with Gasteiger partial charge in [-0.1, -0.05) is 20.3 Å². The Labute approximate surface area is 207 Å². The van der Waals surface area contributed by atoms with Gasteiger partial charge >= 0.3 is 5.97 Å². The topological polar surface area (TPSA) is 121 Å². The number of carbonyl (C=O) groups excluding carboxylic acids is 1. The molecule has 35 heavy (non-hydrogen) atoms. The first kappa shape index (κ1) is 26.2. The van der Waals surface area contributed by atoms with E-state index in [9.17, 15) is 15.2 Å². The number of carbonyl (C=O) groups is 1. The highest BCUT2D eigenvalue weighted by molar-refractivity contribution is 5.74. The molecule has 0 saturated carbocycles. The molecule has 9 nitrogen and oxygen atoms in total. The van der Waals surface area contributed by atoms with Gasteiger partial charge in [-0.25, -0.2) is 0 Å². The maximum absolute atomic E-state index is 12.1. The fourth-order valence-electron chi connectivity index (χ4n) is 4.65. The van der Waals surface area contributed by atoms with Crippen molar-refractivity contribution in [2.75, 3.05) is 38.7 Å². The standard InChI is InChI=1S/C26H35N5O4/c1-6-18-10-19(15-31(14-18)13-16(3)26(33)35-7-2)28-25-22(12-27)17(4)24(29-30-25)21-9-8-20(34-5)11-23(21)32/h8-9,11,16,18-19,32H,6-7,10,13-15H2,1-5H3,(H,28,30)/t16?,18?,19-/m1/s1. The smallest absolute Gasteiger partial charge is 0.309 e. The molecule has 3 rings (SSSR count). The van der Waals surface area contributed by atoms with Gasteiger partial charge in [0, 0.05) is 37.3 Å². The first-order chi connectivity index (χ1) is 16.8. The van der Waals surface area contributed by atoms with E-state index in [1.54, 1.807) is 19.1 Å². The molecule has 1 aliphatic rings. The number of benzene rings is 1. The lowest BCUT2D eigenvalue weighted by Crippen LogP contribution is -2.48. The number of ether oxygens (including phenoxy) is 2. The van der Waals surface area contributed by atoms with Gasteiger partial charge in [0.15, 0.2) is 5.82 Å². The third-order valence-electron chi connectivity index (χ3n) is 6.54. The van der Waals surface area contributed by atoms with Gasteiger partial charge in [0.1, 0.15) is 28.8 Å². The second-order valence-electron chi connectivity index (χ2n) is 9.11. The summed E-state index contributed by atoms with van der Waals surface area (Å²) in [5.74, 6) is 1.05. The van der Waals surface area contributed by atoms with Crippen LogP contribution in [0, 0.1) is 30.1 Å². The fourth-order valence-corrected chi connectivity index (χ4v) is 4.65. The zero-order valence-electron chi connectivity index (χ0n) is 21.2. The molecule has 1 fully saturated rings. The van der Waals surface area contributed by atoms with Crippen molar-refractivity contribution in [3.8, 4) is 28.8 Å². The third-order valence-corrected chi connectivity index (χ3v) is 6.54. The number of hydrogen-bond acceptors (Lipinski definition) is 9. The predicted octanol–water partition coefficient (Wildman–Crippen LogP) is 3.75. The maximum atomic E-state index is 12.1. The van der Waals surface area contributed by atoms with Crippen molar-refractivity contribution < 1.29 is 19.4 Å². The Morgan fingerprint density at radius 3 is 2.74 bits per heavy atom. The minimum absolute atomic E-state index is 0.00998. The Morgan fingerprint density at radius 2 is 2.11 bits per heavy atom. The van der Waals surface area contributed by atoms with E-state index in [1.807, 2.05) is 13.8 Å². The van der Waals surface area contributed by atoms with Gasteiger partial charge in [0.2, 0.25) is 0 Å². The van der Waals surface area contributed by atoms with E-state index in [1.165, 1.54) is 13.2 Å². The number of nitrogens with zero attached hydrogens (tertiary/aromatic N) is 4. The Kier molecular flexibility index (Phi) is 8.88. The van der Waals surface area contributed by atoms with Crippen molar-refractivity contribution in [2.45, 2.75) is 46.6 Å². The van der Waals surface area contributed by atoms with E-state index < -0.39 is 0 Å². The summed E-state index contributed by atoms with van der Waals surface area (Å²) in [5, 5.41) is 32.5. The third kappa shape index (κ3) is 6.20. The van der Waals surface area contributed by atoms with Gasteiger partial charge in [0.05, 0.1) is 19.6 Å². The Hall–Kier alpha value is -3.38. The van der Waals surface area contributed by atoms with E-state index in [2.05, 4.69) is 33.4 Å². The number of piperidine rings is 1. The second-order valence-corrected chi connectivity index (χ2v) is 9.11. The molecule has 188 valence electrons. The lowest BCUT2D eigenvalue weighted by Gasteiger charge is -2.39. The highest BCUT2D eigenvalue weighted by Crippen LogP contribution is 2.35. The number of nitriles is 1. The molecule has 0 amide bonds. The van der Waals surface area contributed by atoms with E-state index in [0.29, 0.717) is 53.0 Å². The van der Waals surface area contributed by atoms with E-state index >= 15 is 0 Å². The van der Waals surface area contributed by atoms with Gasteiger partial charge in [-0.3, -0.25) is 4.79 Å². The summed E-state index contributed by atoms with van der Waals surface area (Å²) in [5.41, 5.74) is 1.98. The molecule has 0 bridgehead atoms. The van der Waals surface area contributed by atoms with Gasteiger partial charge < -0.3 is 24.8 Å². The molecule has 2 heterocycles. The minimum Gasteiger partial charge on any atom is -0.507 e. The number of phenols is 1. The van der Waals surface area contributed by atoms with E-state index in [-0.39, 0.29) is 23.7 Å². The zero-order chi connectivity index (χ0) is 25.5. The highest BCUT2D eigenvalue weighted by atomic mass is 16.5. The number of aromatic hydroxyl groups is 1. The van der Waals surface area contributed by atoms with Gasteiger partial charge in [0.25, 0.3) is 0 Å². The number of hydrogen-bond donors (Lipinski definition) is 2. The minimum atomic E-state index is -0.209. The summed E-state index contributed by atoms with van der Waals surface area (Å²) in [7, 11) is 1.53. The van der Waals surface area contributed by atoms with Crippen LogP contribution in [-0.2, 0) is 9.53 Å². The van der Waals surface area contributed by atoms with Crippen LogP contribution in [0.15, 0.2) is 18.2 Å². The van der Waals surface area contributed by atoms with Crippen LogP contribution in [0.2, 0.25) is 0 Å². The van der Waals surface area contributed by atoms with Crippen molar-refractivity contribution in [3.05, 3.63) is 29.3 Å². The van der Waals surface area contributed by atoms with Gasteiger partial charge in [-0.05, 0) is 43.9 Å². The van der Waals surface area contributed by atoms with Crippen molar-refractivity contribution in [1.29, 1.82) is 5.26 Å². The number of esters is 1. The molecule has 2 N–H and O–H groups in total. The summed E-state index contributed by atoms with van der Waals surface area (Å²) in [6.45, 7) is 10.3. The summed E-state index contributed by atoms with van der Waals surface area (Å²) < 4.78 is 10.3. The fraction of sp³-hybridized carbons (Fsp3) is 0.538. The Bertz CT molecular complexity index is 1080. The van der Waals surface area contributed by atoms with Gasteiger partial charge in [-0.15, -0.1) is 10.2 Å². The number of anilines is 1.